The number of rotatable bonds is 10. The molecular weight excluding hydrogens is 915 g/mol. The minimum absolute atomic E-state index is 0.898. The highest BCUT2D eigenvalue weighted by molar-refractivity contribution is 6.11. The van der Waals surface area contributed by atoms with Crippen LogP contribution in [0, 0.1) is 0 Å². The summed E-state index contributed by atoms with van der Waals surface area (Å²) < 4.78 is 6.41. The fraction of sp³-hybridized carbons (Fsp3) is 0. The maximum atomic E-state index is 4.86. The zero-order valence-electron chi connectivity index (χ0n) is 40.6. The van der Waals surface area contributed by atoms with Crippen LogP contribution in [0.4, 0.5) is 0 Å². The van der Waals surface area contributed by atoms with Gasteiger partial charge in [-0.25, -0.2) is 15.0 Å². The molecule has 14 rings (SSSR count). The smallest absolute Gasteiger partial charge is 0.145 e. The number of hydrogen-bond acceptors (Lipinski definition) is 4. The monoisotopic (exact) mass is 959 g/mol. The average Bonchev–Trinajstić information content (AvgIpc) is 4.33. The van der Waals surface area contributed by atoms with Crippen LogP contribution in [0.3, 0.4) is 0 Å². The first-order chi connectivity index (χ1) is 37.2. The van der Waals surface area contributed by atoms with Gasteiger partial charge in [0.2, 0.25) is 0 Å². The molecule has 0 aliphatic heterocycles. The Morgan fingerprint density at radius 3 is 1.17 bits per heavy atom. The molecule has 0 radical (unpaired) electrons. The molecule has 5 aromatic heterocycles. The van der Waals surface area contributed by atoms with Gasteiger partial charge in [0.15, 0.2) is 0 Å². The van der Waals surface area contributed by atoms with Crippen LogP contribution in [0.2, 0.25) is 0 Å². The topological polar surface area (TPSA) is 65.8 Å². The van der Waals surface area contributed by atoms with Crippen LogP contribution in [0.25, 0.3) is 128 Å². The molecule has 5 heterocycles. The number of para-hydroxylation sites is 2. The molecular formula is C68H45N7. The molecule has 75 heavy (non-hydrogen) atoms. The van der Waals surface area contributed by atoms with Crippen molar-refractivity contribution in [3.05, 3.63) is 274 Å². The standard InChI is InChI=1S/C68H45N7/c1-3-14-54(15-4-1)73-39-36-70-66(73)48-29-25-46(26-30-48)56-18-7-10-21-59(56)51-42-52(60-22-11-8-19-57(60)47-27-31-49(32-28-47)67-71-37-40-74(67)55-16-5-2-6-17-55)44-53(43-51)61-23-12-9-20-58(61)50-33-34-62-63(45-50)68-72-38-41-75(68)64-24-13-35-69-65(62)64/h1-45H. The predicted molar refractivity (Wildman–Crippen MR) is 306 cm³/mol. The van der Waals surface area contributed by atoms with E-state index >= 15 is 0 Å². The van der Waals surface area contributed by atoms with E-state index in [9.17, 15) is 0 Å². The highest BCUT2D eigenvalue weighted by Gasteiger charge is 2.19. The molecule has 0 N–H and O–H groups in total. The molecule has 0 atom stereocenters. The summed E-state index contributed by atoms with van der Waals surface area (Å²) in [5.41, 5.74) is 20.6. The summed E-state index contributed by atoms with van der Waals surface area (Å²) in [6.45, 7) is 0. The van der Waals surface area contributed by atoms with Gasteiger partial charge < -0.3 is 0 Å². The summed E-state index contributed by atoms with van der Waals surface area (Å²) in [7, 11) is 0. The van der Waals surface area contributed by atoms with Crippen molar-refractivity contribution in [1.82, 2.24) is 33.5 Å². The lowest BCUT2D eigenvalue weighted by Gasteiger charge is -2.18. The van der Waals surface area contributed by atoms with Crippen molar-refractivity contribution in [3.8, 4) is 101 Å². The summed E-state index contributed by atoms with van der Waals surface area (Å²) in [4.78, 5) is 19.3. The van der Waals surface area contributed by atoms with Gasteiger partial charge in [-0.05, 0) is 127 Å². The molecule has 7 nitrogen and oxygen atoms in total. The fourth-order valence-electron chi connectivity index (χ4n) is 10.9. The molecule has 0 bridgehead atoms. The van der Waals surface area contributed by atoms with Gasteiger partial charge in [-0.15, -0.1) is 0 Å². The van der Waals surface area contributed by atoms with Gasteiger partial charge in [0.1, 0.15) is 17.3 Å². The van der Waals surface area contributed by atoms with Crippen molar-refractivity contribution < 1.29 is 0 Å². The lowest BCUT2D eigenvalue weighted by atomic mass is 9.86. The van der Waals surface area contributed by atoms with E-state index in [1.807, 2.05) is 61.6 Å². The molecule has 14 aromatic rings. The third-order valence-corrected chi connectivity index (χ3v) is 14.4. The maximum absolute atomic E-state index is 4.86. The van der Waals surface area contributed by atoms with E-state index < -0.39 is 0 Å². The summed E-state index contributed by atoms with van der Waals surface area (Å²) >= 11 is 0. The van der Waals surface area contributed by atoms with Crippen LogP contribution in [0.15, 0.2) is 274 Å². The largest absolute Gasteiger partial charge is 0.300 e. The number of aromatic nitrogens is 7. The third-order valence-electron chi connectivity index (χ3n) is 14.4. The first-order valence-electron chi connectivity index (χ1n) is 25.2. The Balaban J connectivity index is 0.913. The Morgan fingerprint density at radius 2 is 0.680 bits per heavy atom. The van der Waals surface area contributed by atoms with E-state index in [2.05, 4.69) is 226 Å². The molecule has 7 heteroatoms. The van der Waals surface area contributed by atoms with Gasteiger partial charge in [0, 0.05) is 76.7 Å². The van der Waals surface area contributed by atoms with Crippen LogP contribution < -0.4 is 0 Å². The number of nitrogens with zero attached hydrogens (tertiary/aromatic N) is 7. The zero-order valence-corrected chi connectivity index (χ0v) is 40.6. The van der Waals surface area contributed by atoms with E-state index in [1.54, 1.807) is 0 Å². The number of imidazole rings is 3. The number of hydrogen-bond donors (Lipinski definition) is 0. The molecule has 0 fully saturated rings. The second kappa shape index (κ2) is 18.4. The van der Waals surface area contributed by atoms with Gasteiger partial charge in [-0.2, -0.15) is 0 Å². The molecule has 9 aromatic carbocycles. The summed E-state index contributed by atoms with van der Waals surface area (Å²) in [5.74, 6) is 1.80. The Hall–Kier alpha value is -10.2. The van der Waals surface area contributed by atoms with E-state index in [0.29, 0.717) is 0 Å². The van der Waals surface area contributed by atoms with Crippen molar-refractivity contribution in [2.45, 2.75) is 0 Å². The lowest BCUT2D eigenvalue weighted by Crippen LogP contribution is -1.96. The molecule has 0 saturated heterocycles. The fourth-order valence-corrected chi connectivity index (χ4v) is 10.9. The van der Waals surface area contributed by atoms with Crippen molar-refractivity contribution in [2.24, 2.45) is 0 Å². The minimum atomic E-state index is 0.898. The minimum Gasteiger partial charge on any atom is -0.300 e. The number of benzene rings is 9. The molecule has 0 amide bonds. The Labute approximate surface area is 433 Å². The van der Waals surface area contributed by atoms with Crippen LogP contribution in [-0.4, -0.2) is 33.5 Å². The highest BCUT2D eigenvalue weighted by atomic mass is 15.1. The van der Waals surface area contributed by atoms with Crippen molar-refractivity contribution in [3.63, 3.8) is 0 Å². The summed E-state index contributed by atoms with van der Waals surface area (Å²) in [5, 5.41) is 2.13. The van der Waals surface area contributed by atoms with Gasteiger partial charge in [0.25, 0.3) is 0 Å². The van der Waals surface area contributed by atoms with Gasteiger partial charge in [-0.3, -0.25) is 18.5 Å². The summed E-state index contributed by atoms with van der Waals surface area (Å²) in [6, 6.07) is 82.5. The first-order valence-corrected chi connectivity index (χ1v) is 25.2. The van der Waals surface area contributed by atoms with Gasteiger partial charge in [0.05, 0.1) is 11.0 Å². The second-order valence-corrected chi connectivity index (χ2v) is 18.8. The summed E-state index contributed by atoms with van der Waals surface area (Å²) in [6.07, 6.45) is 13.5. The van der Waals surface area contributed by atoms with Gasteiger partial charge in [-0.1, -0.05) is 170 Å². The highest BCUT2D eigenvalue weighted by Crippen LogP contribution is 2.43. The van der Waals surface area contributed by atoms with Crippen LogP contribution in [0.5, 0.6) is 0 Å². The van der Waals surface area contributed by atoms with Crippen LogP contribution >= 0.6 is 0 Å². The zero-order chi connectivity index (χ0) is 49.7. The molecule has 0 aliphatic carbocycles. The molecule has 0 saturated carbocycles. The molecule has 0 aliphatic rings. The average molecular weight is 960 g/mol. The van der Waals surface area contributed by atoms with Crippen LogP contribution in [-0.2, 0) is 0 Å². The number of pyridine rings is 2. The Kier molecular flexibility index (Phi) is 10.7. The number of fused-ring (bicyclic) bond motifs is 6. The predicted octanol–water partition coefficient (Wildman–Crippen LogP) is 16.7. The van der Waals surface area contributed by atoms with Crippen LogP contribution in [0.1, 0.15) is 0 Å². The quantitative estimate of drug-likeness (QED) is 0.128. The van der Waals surface area contributed by atoms with Crippen molar-refractivity contribution in [1.29, 1.82) is 0 Å². The maximum Gasteiger partial charge on any atom is 0.145 e. The van der Waals surface area contributed by atoms with E-state index in [1.165, 1.54) is 0 Å². The van der Waals surface area contributed by atoms with Gasteiger partial charge >= 0.3 is 0 Å². The Morgan fingerprint density at radius 1 is 0.267 bits per heavy atom. The van der Waals surface area contributed by atoms with Crippen molar-refractivity contribution in [2.75, 3.05) is 0 Å². The Bertz CT molecular complexity index is 4210. The van der Waals surface area contributed by atoms with E-state index in [0.717, 1.165) is 128 Å². The van der Waals surface area contributed by atoms with E-state index in [4.69, 9.17) is 19.9 Å². The SMILES string of the molecule is c1ccc(-n2ccnc2-c2ccc(-c3ccccc3-c3cc(-c4ccccc4-c4ccc(-c5nccn5-c5ccccc5)cc4)cc(-c4ccccc4-c4ccc5c(c4)c4nccn4c4cccnc54)c3)cc2)cc1. The molecule has 352 valence electrons. The third kappa shape index (κ3) is 7.78. The second-order valence-electron chi connectivity index (χ2n) is 18.8. The first kappa shape index (κ1) is 43.5. The lowest BCUT2D eigenvalue weighted by molar-refractivity contribution is 1.07. The molecule has 0 spiro atoms. The van der Waals surface area contributed by atoms with Crippen molar-refractivity contribution >= 4 is 27.5 Å². The van der Waals surface area contributed by atoms with E-state index in [-0.39, 0.29) is 0 Å². The molecule has 0 unspecified atom stereocenters. The normalized spacial score (nSPS) is 11.5.